The number of anilines is 2. The molecule has 0 radical (unpaired) electrons. The molecule has 0 aromatic carbocycles. The Bertz CT molecular complexity index is 777. The van der Waals surface area contributed by atoms with Crippen LogP contribution in [-0.2, 0) is 13.5 Å². The van der Waals surface area contributed by atoms with Crippen molar-refractivity contribution in [2.75, 3.05) is 30.9 Å². The molecule has 3 heterocycles. The molecule has 0 aliphatic rings. The summed E-state index contributed by atoms with van der Waals surface area (Å²) in [5.41, 5.74) is 3.20. The van der Waals surface area contributed by atoms with Crippen molar-refractivity contribution in [3.05, 3.63) is 42.5 Å². The van der Waals surface area contributed by atoms with Crippen LogP contribution < -0.4 is 10.2 Å². The molecule has 3 aromatic heterocycles. The van der Waals surface area contributed by atoms with E-state index in [2.05, 4.69) is 26.3 Å². The summed E-state index contributed by atoms with van der Waals surface area (Å²) in [6.07, 6.45) is 6.30. The minimum Gasteiger partial charge on any atom is -0.368 e. The van der Waals surface area contributed by atoms with E-state index < -0.39 is 0 Å². The number of aryl methyl sites for hydroxylation is 1. The highest BCUT2D eigenvalue weighted by Crippen LogP contribution is 2.20. The highest BCUT2D eigenvalue weighted by molar-refractivity contribution is 5.86. The third-order valence-electron chi connectivity index (χ3n) is 3.64. The molecule has 3 aromatic rings. The average Bonchev–Trinajstić information content (AvgIpc) is 2.90. The van der Waals surface area contributed by atoms with Crippen LogP contribution in [0, 0.1) is 0 Å². The fourth-order valence-electron chi connectivity index (χ4n) is 2.59. The van der Waals surface area contributed by atoms with Gasteiger partial charge >= 0.3 is 0 Å². The number of hydrogen-bond acceptors (Lipinski definition) is 5. The van der Waals surface area contributed by atoms with Gasteiger partial charge in [0, 0.05) is 40.1 Å². The van der Waals surface area contributed by atoms with E-state index in [9.17, 15) is 0 Å². The number of rotatable bonds is 5. The Morgan fingerprint density at radius 1 is 1.18 bits per heavy atom. The van der Waals surface area contributed by atoms with Crippen molar-refractivity contribution < 1.29 is 0 Å². The van der Waals surface area contributed by atoms with Gasteiger partial charge in [-0.15, -0.1) is 0 Å². The molecule has 22 heavy (non-hydrogen) atoms. The minimum absolute atomic E-state index is 0.795. The zero-order valence-corrected chi connectivity index (χ0v) is 13.1. The third-order valence-corrected chi connectivity index (χ3v) is 3.64. The van der Waals surface area contributed by atoms with Crippen LogP contribution >= 0.6 is 0 Å². The lowest BCUT2D eigenvalue weighted by Gasteiger charge is -2.16. The van der Waals surface area contributed by atoms with Crippen molar-refractivity contribution in [1.82, 2.24) is 19.5 Å². The molecule has 0 aliphatic heterocycles. The van der Waals surface area contributed by atoms with E-state index in [0.29, 0.717) is 0 Å². The molecule has 6 heteroatoms. The van der Waals surface area contributed by atoms with E-state index in [1.807, 2.05) is 55.1 Å². The van der Waals surface area contributed by atoms with Gasteiger partial charge in [0.15, 0.2) is 5.82 Å². The lowest BCUT2D eigenvalue weighted by Crippen LogP contribution is -2.15. The third kappa shape index (κ3) is 2.72. The number of aromatic nitrogens is 4. The van der Waals surface area contributed by atoms with Crippen molar-refractivity contribution in [1.29, 1.82) is 0 Å². The van der Waals surface area contributed by atoms with Crippen molar-refractivity contribution >= 4 is 22.7 Å². The second kappa shape index (κ2) is 6.01. The number of fused-ring (bicyclic) bond motifs is 1. The van der Waals surface area contributed by atoms with Crippen molar-refractivity contribution in [2.24, 2.45) is 7.05 Å². The van der Waals surface area contributed by atoms with Gasteiger partial charge in [0.1, 0.15) is 17.7 Å². The highest BCUT2D eigenvalue weighted by atomic mass is 15.1. The molecule has 0 saturated heterocycles. The summed E-state index contributed by atoms with van der Waals surface area (Å²) < 4.78 is 2.03. The maximum absolute atomic E-state index is 4.43. The quantitative estimate of drug-likeness (QED) is 0.781. The maximum atomic E-state index is 4.43. The summed E-state index contributed by atoms with van der Waals surface area (Å²) in [4.78, 5) is 15.1. The fraction of sp³-hybridized carbons (Fsp3) is 0.312. The molecule has 3 rings (SSSR count). The standard InChI is InChI=1S/C16H20N6/c1-21(2)16-12(5-4-8-18-16)6-9-17-15-14-13(19-11-20-15)7-10-22(14)3/h4-5,7-8,10-11H,6,9H2,1-3H3,(H,17,19,20). The maximum Gasteiger partial charge on any atom is 0.154 e. The number of hydrogen-bond donors (Lipinski definition) is 1. The van der Waals surface area contributed by atoms with Crippen LogP contribution in [0.15, 0.2) is 36.9 Å². The normalized spacial score (nSPS) is 10.9. The van der Waals surface area contributed by atoms with Gasteiger partial charge in [-0.3, -0.25) is 0 Å². The van der Waals surface area contributed by atoms with E-state index >= 15 is 0 Å². The predicted octanol–water partition coefficient (Wildman–Crippen LogP) is 2.08. The predicted molar refractivity (Wildman–Crippen MR) is 89.3 cm³/mol. The van der Waals surface area contributed by atoms with Crippen molar-refractivity contribution in [2.45, 2.75) is 6.42 Å². The first-order valence-corrected chi connectivity index (χ1v) is 7.28. The second-order valence-electron chi connectivity index (χ2n) is 5.44. The smallest absolute Gasteiger partial charge is 0.154 e. The summed E-state index contributed by atoms with van der Waals surface area (Å²) in [7, 11) is 6.02. The fourth-order valence-corrected chi connectivity index (χ4v) is 2.59. The Morgan fingerprint density at radius 2 is 2.05 bits per heavy atom. The molecule has 0 amide bonds. The molecule has 114 valence electrons. The first-order valence-electron chi connectivity index (χ1n) is 7.28. The molecule has 0 aliphatic carbocycles. The Labute approximate surface area is 129 Å². The van der Waals surface area contributed by atoms with E-state index in [1.54, 1.807) is 6.33 Å². The monoisotopic (exact) mass is 296 g/mol. The Balaban J connectivity index is 1.74. The molecule has 0 saturated carbocycles. The zero-order valence-electron chi connectivity index (χ0n) is 13.1. The average molecular weight is 296 g/mol. The minimum atomic E-state index is 0.795. The topological polar surface area (TPSA) is 58.9 Å². The lowest BCUT2D eigenvalue weighted by atomic mass is 10.2. The largest absolute Gasteiger partial charge is 0.368 e. The van der Waals surface area contributed by atoms with Gasteiger partial charge in [-0.05, 0) is 24.1 Å². The van der Waals surface area contributed by atoms with E-state index in [0.717, 1.165) is 35.6 Å². The van der Waals surface area contributed by atoms with Crippen LogP contribution in [0.1, 0.15) is 5.56 Å². The van der Waals surface area contributed by atoms with Gasteiger partial charge in [-0.1, -0.05) is 6.07 Å². The molecule has 1 N–H and O–H groups in total. The molecular formula is C16H20N6. The van der Waals surface area contributed by atoms with Crippen molar-refractivity contribution in [3.8, 4) is 0 Å². The second-order valence-corrected chi connectivity index (χ2v) is 5.44. The summed E-state index contributed by atoms with van der Waals surface area (Å²) in [6, 6.07) is 6.08. The molecule has 0 unspecified atom stereocenters. The van der Waals surface area contributed by atoms with Crippen LogP contribution in [0.3, 0.4) is 0 Å². The molecule has 0 spiro atoms. The summed E-state index contributed by atoms with van der Waals surface area (Å²) in [5.74, 6) is 1.88. The number of nitrogens with one attached hydrogen (secondary N) is 1. The zero-order chi connectivity index (χ0) is 15.5. The molecule has 0 bridgehead atoms. The first-order chi connectivity index (χ1) is 10.7. The molecule has 6 nitrogen and oxygen atoms in total. The van der Waals surface area contributed by atoms with E-state index in [-0.39, 0.29) is 0 Å². The van der Waals surface area contributed by atoms with Crippen LogP contribution in [0.2, 0.25) is 0 Å². The van der Waals surface area contributed by atoms with Crippen molar-refractivity contribution in [3.63, 3.8) is 0 Å². The Morgan fingerprint density at radius 3 is 2.86 bits per heavy atom. The number of nitrogens with zero attached hydrogens (tertiary/aromatic N) is 5. The van der Waals surface area contributed by atoms with Gasteiger partial charge in [-0.2, -0.15) is 0 Å². The van der Waals surface area contributed by atoms with Gasteiger partial charge in [0.05, 0.1) is 5.52 Å². The van der Waals surface area contributed by atoms with E-state index in [4.69, 9.17) is 0 Å². The summed E-state index contributed by atoms with van der Waals surface area (Å²) >= 11 is 0. The van der Waals surface area contributed by atoms with Gasteiger partial charge < -0.3 is 14.8 Å². The Kier molecular flexibility index (Phi) is 3.91. The van der Waals surface area contributed by atoms with Crippen LogP contribution in [0.5, 0.6) is 0 Å². The molecule has 0 fully saturated rings. The van der Waals surface area contributed by atoms with Crippen LogP contribution in [0.4, 0.5) is 11.6 Å². The van der Waals surface area contributed by atoms with Crippen LogP contribution in [-0.4, -0.2) is 40.2 Å². The molecule has 0 atom stereocenters. The first kappa shape index (κ1) is 14.3. The lowest BCUT2D eigenvalue weighted by molar-refractivity contribution is 0.942. The summed E-state index contributed by atoms with van der Waals surface area (Å²) in [6.45, 7) is 0.795. The SMILES string of the molecule is CN(C)c1ncccc1CCNc1ncnc2ccn(C)c12. The van der Waals surface area contributed by atoms with Gasteiger partial charge in [-0.25, -0.2) is 15.0 Å². The number of pyridine rings is 1. The molecular weight excluding hydrogens is 276 g/mol. The summed E-state index contributed by atoms with van der Waals surface area (Å²) in [5, 5.41) is 3.41. The van der Waals surface area contributed by atoms with Crippen LogP contribution in [0.25, 0.3) is 11.0 Å². The Hall–Kier alpha value is -2.63. The van der Waals surface area contributed by atoms with Gasteiger partial charge in [0.25, 0.3) is 0 Å². The van der Waals surface area contributed by atoms with Gasteiger partial charge in [0.2, 0.25) is 0 Å². The highest BCUT2D eigenvalue weighted by Gasteiger charge is 2.08. The van der Waals surface area contributed by atoms with E-state index in [1.165, 1.54) is 5.56 Å².